The highest BCUT2D eigenvalue weighted by molar-refractivity contribution is 5.54. The number of nitrogens with zero attached hydrogens (tertiary/aromatic N) is 3. The number of rotatable bonds is 3. The van der Waals surface area contributed by atoms with Crippen molar-refractivity contribution in [3.05, 3.63) is 35.5 Å². The molecule has 0 aliphatic carbocycles. The van der Waals surface area contributed by atoms with Crippen molar-refractivity contribution < 1.29 is 8.91 Å². The Morgan fingerprint density at radius 3 is 2.95 bits per heavy atom. The normalized spacial score (nSPS) is 21.0. The molecule has 0 spiro atoms. The van der Waals surface area contributed by atoms with Crippen LogP contribution in [-0.4, -0.2) is 28.1 Å². The summed E-state index contributed by atoms with van der Waals surface area (Å²) < 4.78 is 19.1. The third-order valence-corrected chi connectivity index (χ3v) is 4.47. The monoisotopic (exact) mass is 303 g/mol. The molecule has 1 fully saturated rings. The number of benzene rings is 1. The van der Waals surface area contributed by atoms with E-state index in [1.807, 2.05) is 6.07 Å². The van der Waals surface area contributed by atoms with Gasteiger partial charge in [-0.15, -0.1) is 0 Å². The van der Waals surface area contributed by atoms with Gasteiger partial charge in [0.2, 0.25) is 11.7 Å². The van der Waals surface area contributed by atoms with Crippen molar-refractivity contribution in [1.29, 1.82) is 0 Å². The lowest BCUT2D eigenvalue weighted by atomic mass is 9.99. The summed E-state index contributed by atoms with van der Waals surface area (Å²) in [5, 5.41) is 4.01. The first-order valence-corrected chi connectivity index (χ1v) is 7.89. The lowest BCUT2D eigenvalue weighted by Crippen LogP contribution is -2.36. The first-order valence-electron chi connectivity index (χ1n) is 7.89. The third-order valence-electron chi connectivity index (χ3n) is 4.47. The van der Waals surface area contributed by atoms with Crippen molar-refractivity contribution in [2.75, 3.05) is 13.1 Å². The van der Waals surface area contributed by atoms with Gasteiger partial charge < -0.3 is 4.52 Å². The smallest absolute Gasteiger partial charge is 0.244 e. The minimum Gasteiger partial charge on any atom is -0.337 e. The van der Waals surface area contributed by atoms with Crippen molar-refractivity contribution in [2.45, 2.75) is 39.7 Å². The molecule has 0 bridgehead atoms. The average Bonchev–Trinajstić information content (AvgIpc) is 2.99. The van der Waals surface area contributed by atoms with E-state index in [1.165, 1.54) is 18.9 Å². The molecule has 1 aromatic heterocycles. The van der Waals surface area contributed by atoms with Crippen LogP contribution in [0.15, 0.2) is 22.7 Å². The van der Waals surface area contributed by atoms with Gasteiger partial charge in [-0.1, -0.05) is 24.2 Å². The number of piperidine rings is 1. The van der Waals surface area contributed by atoms with Gasteiger partial charge in [0.25, 0.3) is 0 Å². The minimum atomic E-state index is -0.248. The SMILES string of the molecule is Cc1ccc(-c2noc(C(C)N3CCCC(C)C3)n2)cc1F. The molecule has 2 heterocycles. The van der Waals surface area contributed by atoms with Crippen LogP contribution in [0.3, 0.4) is 0 Å². The van der Waals surface area contributed by atoms with Gasteiger partial charge >= 0.3 is 0 Å². The van der Waals surface area contributed by atoms with E-state index in [9.17, 15) is 4.39 Å². The topological polar surface area (TPSA) is 42.2 Å². The van der Waals surface area contributed by atoms with Crippen LogP contribution in [-0.2, 0) is 0 Å². The molecule has 2 unspecified atom stereocenters. The van der Waals surface area contributed by atoms with E-state index < -0.39 is 0 Å². The summed E-state index contributed by atoms with van der Waals surface area (Å²) in [4.78, 5) is 6.84. The van der Waals surface area contributed by atoms with Gasteiger partial charge in [0, 0.05) is 12.1 Å². The molecule has 0 radical (unpaired) electrons. The Labute approximate surface area is 130 Å². The summed E-state index contributed by atoms with van der Waals surface area (Å²) in [6, 6.07) is 5.11. The fourth-order valence-electron chi connectivity index (χ4n) is 2.99. The van der Waals surface area contributed by atoms with E-state index in [1.54, 1.807) is 13.0 Å². The summed E-state index contributed by atoms with van der Waals surface area (Å²) in [6.45, 7) is 8.21. The minimum absolute atomic E-state index is 0.0966. The maximum atomic E-state index is 13.7. The predicted octanol–water partition coefficient (Wildman–Crippen LogP) is 3.98. The molecule has 0 N–H and O–H groups in total. The highest BCUT2D eigenvalue weighted by atomic mass is 19.1. The van der Waals surface area contributed by atoms with Gasteiger partial charge in [-0.05, 0) is 50.8 Å². The van der Waals surface area contributed by atoms with Gasteiger partial charge in [-0.2, -0.15) is 4.98 Å². The first kappa shape index (κ1) is 15.2. The van der Waals surface area contributed by atoms with Crippen LogP contribution in [0, 0.1) is 18.7 Å². The highest BCUT2D eigenvalue weighted by Gasteiger charge is 2.26. The fourth-order valence-corrected chi connectivity index (χ4v) is 2.99. The van der Waals surface area contributed by atoms with E-state index in [0.29, 0.717) is 28.8 Å². The quantitative estimate of drug-likeness (QED) is 0.860. The Hall–Kier alpha value is -1.75. The first-order chi connectivity index (χ1) is 10.5. The number of aryl methyl sites for hydroxylation is 1. The largest absolute Gasteiger partial charge is 0.337 e. The molecule has 22 heavy (non-hydrogen) atoms. The molecule has 0 saturated carbocycles. The molecule has 1 aliphatic rings. The zero-order valence-corrected chi connectivity index (χ0v) is 13.3. The number of hydrogen-bond donors (Lipinski definition) is 0. The van der Waals surface area contributed by atoms with Crippen molar-refractivity contribution in [3.63, 3.8) is 0 Å². The van der Waals surface area contributed by atoms with E-state index in [0.717, 1.165) is 13.1 Å². The fraction of sp³-hybridized carbons (Fsp3) is 0.529. The Balaban J connectivity index is 1.79. The molecular formula is C17H22FN3O. The molecule has 0 amide bonds. The molecule has 2 atom stereocenters. The molecule has 1 aliphatic heterocycles. The van der Waals surface area contributed by atoms with Crippen molar-refractivity contribution in [1.82, 2.24) is 15.0 Å². The second-order valence-electron chi connectivity index (χ2n) is 6.34. The number of aromatic nitrogens is 2. The van der Waals surface area contributed by atoms with Gasteiger partial charge in [0.05, 0.1) is 6.04 Å². The summed E-state index contributed by atoms with van der Waals surface area (Å²) in [6.07, 6.45) is 2.48. The molecule has 3 rings (SSSR count). The van der Waals surface area contributed by atoms with Gasteiger partial charge in [0.15, 0.2) is 0 Å². The van der Waals surface area contributed by atoms with E-state index >= 15 is 0 Å². The number of likely N-dealkylation sites (tertiary alicyclic amines) is 1. The van der Waals surface area contributed by atoms with Gasteiger partial charge in [-0.25, -0.2) is 4.39 Å². The van der Waals surface area contributed by atoms with Crippen LogP contribution in [0.4, 0.5) is 4.39 Å². The zero-order valence-electron chi connectivity index (χ0n) is 13.3. The molecule has 4 nitrogen and oxygen atoms in total. The molecule has 1 aromatic carbocycles. The Morgan fingerprint density at radius 1 is 1.41 bits per heavy atom. The van der Waals surface area contributed by atoms with Crippen LogP contribution in [0.25, 0.3) is 11.4 Å². The molecule has 5 heteroatoms. The second-order valence-corrected chi connectivity index (χ2v) is 6.34. The summed E-state index contributed by atoms with van der Waals surface area (Å²) in [5.41, 5.74) is 1.26. The summed E-state index contributed by atoms with van der Waals surface area (Å²) >= 11 is 0. The number of hydrogen-bond acceptors (Lipinski definition) is 4. The highest BCUT2D eigenvalue weighted by Crippen LogP contribution is 2.27. The zero-order chi connectivity index (χ0) is 15.7. The molecule has 2 aromatic rings. The maximum absolute atomic E-state index is 13.7. The standard InChI is InChI=1S/C17H22FN3O/c1-11-5-4-8-21(10-11)13(3)17-19-16(20-22-17)14-7-6-12(2)15(18)9-14/h6-7,9,11,13H,4-5,8,10H2,1-3H3. The van der Waals surface area contributed by atoms with Gasteiger partial charge in [-0.3, -0.25) is 4.90 Å². The van der Waals surface area contributed by atoms with E-state index in [4.69, 9.17) is 4.52 Å². The Bertz CT molecular complexity index is 655. The summed E-state index contributed by atoms with van der Waals surface area (Å²) in [5.74, 6) is 1.50. The Kier molecular flexibility index (Phi) is 4.25. The van der Waals surface area contributed by atoms with Crippen LogP contribution >= 0.6 is 0 Å². The van der Waals surface area contributed by atoms with Crippen LogP contribution in [0.1, 0.15) is 44.2 Å². The van der Waals surface area contributed by atoms with Crippen molar-refractivity contribution in [2.24, 2.45) is 5.92 Å². The van der Waals surface area contributed by atoms with Crippen molar-refractivity contribution >= 4 is 0 Å². The average molecular weight is 303 g/mol. The lowest BCUT2D eigenvalue weighted by Gasteiger charge is -2.33. The lowest BCUT2D eigenvalue weighted by molar-refractivity contribution is 0.117. The summed E-state index contributed by atoms with van der Waals surface area (Å²) in [7, 11) is 0. The number of halogens is 1. The Morgan fingerprint density at radius 2 is 2.23 bits per heavy atom. The van der Waals surface area contributed by atoms with E-state index in [-0.39, 0.29) is 11.9 Å². The van der Waals surface area contributed by atoms with Crippen LogP contribution in [0.2, 0.25) is 0 Å². The molecular weight excluding hydrogens is 281 g/mol. The van der Waals surface area contributed by atoms with Crippen LogP contribution < -0.4 is 0 Å². The van der Waals surface area contributed by atoms with E-state index in [2.05, 4.69) is 28.9 Å². The van der Waals surface area contributed by atoms with Crippen LogP contribution in [0.5, 0.6) is 0 Å². The second kappa shape index (κ2) is 6.16. The maximum Gasteiger partial charge on any atom is 0.244 e. The predicted molar refractivity (Wildman–Crippen MR) is 82.8 cm³/mol. The van der Waals surface area contributed by atoms with Gasteiger partial charge in [0.1, 0.15) is 5.82 Å². The third kappa shape index (κ3) is 3.04. The van der Waals surface area contributed by atoms with Crippen molar-refractivity contribution in [3.8, 4) is 11.4 Å². The molecule has 1 saturated heterocycles. The molecule has 118 valence electrons.